The Bertz CT molecular complexity index is 575. The first kappa shape index (κ1) is 16.9. The summed E-state index contributed by atoms with van der Waals surface area (Å²) in [6.45, 7) is 6.65. The Morgan fingerprint density at radius 2 is 2.05 bits per heavy atom. The second kappa shape index (κ2) is 6.75. The molecule has 2 rings (SSSR count). The summed E-state index contributed by atoms with van der Waals surface area (Å²) in [7, 11) is -1.56. The fourth-order valence-corrected chi connectivity index (χ4v) is 5.18. The van der Waals surface area contributed by atoms with E-state index in [-0.39, 0.29) is 5.41 Å². The van der Waals surface area contributed by atoms with E-state index in [1.165, 1.54) is 11.3 Å². The van der Waals surface area contributed by atoms with E-state index in [4.69, 9.17) is 4.74 Å². The number of rotatable bonds is 6. The van der Waals surface area contributed by atoms with Gasteiger partial charge in [-0.15, -0.1) is 11.3 Å². The SMILES string of the molecule is CNCc1sc(S(=O)(=O)NCC2(C)CCOCC2)cc1C. The van der Waals surface area contributed by atoms with Gasteiger partial charge in [0.15, 0.2) is 0 Å². The van der Waals surface area contributed by atoms with E-state index in [0.717, 1.165) is 23.3 Å². The van der Waals surface area contributed by atoms with Crippen molar-refractivity contribution >= 4 is 21.4 Å². The number of nitrogens with one attached hydrogen (secondary N) is 2. The van der Waals surface area contributed by atoms with E-state index in [0.29, 0.717) is 30.5 Å². The summed E-state index contributed by atoms with van der Waals surface area (Å²) in [6, 6.07) is 1.76. The third kappa shape index (κ3) is 4.26. The van der Waals surface area contributed by atoms with Crippen molar-refractivity contribution in [3.8, 4) is 0 Å². The van der Waals surface area contributed by atoms with Crippen molar-refractivity contribution in [1.29, 1.82) is 0 Å². The lowest BCUT2D eigenvalue weighted by atomic mass is 9.83. The highest BCUT2D eigenvalue weighted by Gasteiger charge is 2.29. The minimum absolute atomic E-state index is 0.00850. The van der Waals surface area contributed by atoms with E-state index in [9.17, 15) is 8.42 Å². The van der Waals surface area contributed by atoms with Gasteiger partial charge in [0.25, 0.3) is 0 Å². The van der Waals surface area contributed by atoms with Gasteiger partial charge < -0.3 is 10.1 Å². The minimum Gasteiger partial charge on any atom is -0.381 e. The Kier molecular flexibility index (Phi) is 5.43. The first-order chi connectivity index (χ1) is 9.86. The molecule has 0 bridgehead atoms. The van der Waals surface area contributed by atoms with E-state index in [1.807, 2.05) is 14.0 Å². The molecule has 1 aromatic heterocycles. The second-order valence-electron chi connectivity index (χ2n) is 5.95. The van der Waals surface area contributed by atoms with Crippen LogP contribution < -0.4 is 10.0 Å². The van der Waals surface area contributed by atoms with E-state index < -0.39 is 10.0 Å². The van der Waals surface area contributed by atoms with Crippen LogP contribution in [0.3, 0.4) is 0 Å². The summed E-state index contributed by atoms with van der Waals surface area (Å²) in [6.07, 6.45) is 1.79. The molecular weight excluding hydrogens is 308 g/mol. The molecule has 21 heavy (non-hydrogen) atoms. The Labute approximate surface area is 131 Å². The molecule has 0 radical (unpaired) electrons. The van der Waals surface area contributed by atoms with Crippen LogP contribution in [0, 0.1) is 12.3 Å². The third-order valence-corrected chi connectivity index (χ3v) is 7.10. The smallest absolute Gasteiger partial charge is 0.250 e. The van der Waals surface area contributed by atoms with Crippen LogP contribution in [0.15, 0.2) is 10.3 Å². The number of sulfonamides is 1. The van der Waals surface area contributed by atoms with Crippen LogP contribution in [-0.2, 0) is 21.3 Å². The standard InChI is InChI=1S/C14H24N2O3S2/c1-11-8-13(20-12(11)9-15-3)21(17,18)16-10-14(2)4-6-19-7-5-14/h8,15-16H,4-7,9-10H2,1-3H3. The van der Waals surface area contributed by atoms with Crippen LogP contribution in [0.5, 0.6) is 0 Å². The van der Waals surface area contributed by atoms with E-state index in [2.05, 4.69) is 17.0 Å². The average Bonchev–Trinajstić information content (AvgIpc) is 2.81. The number of hydrogen-bond donors (Lipinski definition) is 2. The molecule has 1 fully saturated rings. The quantitative estimate of drug-likeness (QED) is 0.834. The summed E-state index contributed by atoms with van der Waals surface area (Å²) in [5.74, 6) is 0. The van der Waals surface area contributed by atoms with Crippen molar-refractivity contribution in [3.05, 3.63) is 16.5 Å². The van der Waals surface area contributed by atoms with Gasteiger partial charge in [0, 0.05) is 31.2 Å². The number of ether oxygens (including phenoxy) is 1. The molecular formula is C14H24N2O3S2. The minimum atomic E-state index is -3.42. The highest BCUT2D eigenvalue weighted by molar-refractivity contribution is 7.91. The number of aryl methyl sites for hydroxylation is 1. The zero-order chi connectivity index (χ0) is 15.5. The van der Waals surface area contributed by atoms with Crippen LogP contribution in [0.25, 0.3) is 0 Å². The van der Waals surface area contributed by atoms with E-state index in [1.54, 1.807) is 6.07 Å². The maximum atomic E-state index is 12.4. The Hall–Kier alpha value is -0.470. The topological polar surface area (TPSA) is 67.4 Å². The molecule has 0 aliphatic carbocycles. The molecule has 1 aromatic rings. The van der Waals surface area contributed by atoms with Gasteiger partial charge in [-0.2, -0.15) is 0 Å². The summed E-state index contributed by atoms with van der Waals surface area (Å²) < 4.78 is 33.4. The second-order valence-corrected chi connectivity index (χ2v) is 9.08. The molecule has 7 heteroatoms. The summed E-state index contributed by atoms with van der Waals surface area (Å²) in [5.41, 5.74) is 1.01. The normalized spacial score (nSPS) is 18.8. The predicted octanol–water partition coefficient (Wildman–Crippen LogP) is 1.87. The van der Waals surface area contributed by atoms with Crippen molar-refractivity contribution < 1.29 is 13.2 Å². The molecule has 120 valence electrons. The van der Waals surface area contributed by atoms with Crippen LogP contribution in [0.4, 0.5) is 0 Å². The summed E-state index contributed by atoms with van der Waals surface area (Å²) >= 11 is 1.34. The van der Waals surface area contributed by atoms with Crippen LogP contribution in [-0.4, -0.2) is 35.2 Å². The molecule has 2 heterocycles. The molecule has 0 amide bonds. The first-order valence-corrected chi connectivity index (χ1v) is 9.48. The van der Waals surface area contributed by atoms with Gasteiger partial charge >= 0.3 is 0 Å². The third-order valence-electron chi connectivity index (χ3n) is 3.99. The lowest BCUT2D eigenvalue weighted by molar-refractivity contribution is 0.0265. The molecule has 0 unspecified atom stereocenters. The van der Waals surface area contributed by atoms with Crippen molar-refractivity contribution in [1.82, 2.24) is 10.0 Å². The summed E-state index contributed by atoms with van der Waals surface area (Å²) in [5, 5.41) is 3.06. The monoisotopic (exact) mass is 332 g/mol. The molecule has 0 aromatic carbocycles. The van der Waals surface area contributed by atoms with Gasteiger partial charge in [0.1, 0.15) is 4.21 Å². The molecule has 0 atom stereocenters. The zero-order valence-electron chi connectivity index (χ0n) is 12.9. The summed E-state index contributed by atoms with van der Waals surface area (Å²) in [4.78, 5) is 1.06. The fraction of sp³-hybridized carbons (Fsp3) is 0.714. The molecule has 5 nitrogen and oxygen atoms in total. The molecule has 0 saturated carbocycles. The first-order valence-electron chi connectivity index (χ1n) is 7.18. The van der Waals surface area contributed by atoms with Gasteiger partial charge in [-0.3, -0.25) is 0 Å². The van der Waals surface area contributed by atoms with Crippen molar-refractivity contribution in [2.24, 2.45) is 5.41 Å². The Morgan fingerprint density at radius 3 is 2.67 bits per heavy atom. The van der Waals surface area contributed by atoms with Gasteiger partial charge in [0.05, 0.1) is 0 Å². The van der Waals surface area contributed by atoms with Crippen LogP contribution >= 0.6 is 11.3 Å². The van der Waals surface area contributed by atoms with Gasteiger partial charge in [-0.1, -0.05) is 6.92 Å². The van der Waals surface area contributed by atoms with E-state index >= 15 is 0 Å². The van der Waals surface area contributed by atoms with Gasteiger partial charge in [0.2, 0.25) is 10.0 Å². The molecule has 2 N–H and O–H groups in total. The lowest BCUT2D eigenvalue weighted by Gasteiger charge is -2.33. The van der Waals surface area contributed by atoms with Crippen LogP contribution in [0.1, 0.15) is 30.2 Å². The van der Waals surface area contributed by atoms with Gasteiger partial charge in [-0.05, 0) is 43.9 Å². The van der Waals surface area contributed by atoms with Crippen molar-refractivity contribution in [2.75, 3.05) is 26.8 Å². The Morgan fingerprint density at radius 1 is 1.38 bits per heavy atom. The molecule has 0 spiro atoms. The highest BCUT2D eigenvalue weighted by atomic mass is 32.2. The van der Waals surface area contributed by atoms with Crippen molar-refractivity contribution in [2.45, 2.75) is 37.4 Å². The lowest BCUT2D eigenvalue weighted by Crippen LogP contribution is -2.39. The fourth-order valence-electron chi connectivity index (χ4n) is 2.34. The zero-order valence-corrected chi connectivity index (χ0v) is 14.5. The Balaban J connectivity index is 2.06. The molecule has 1 aliphatic heterocycles. The molecule has 1 aliphatic rings. The highest BCUT2D eigenvalue weighted by Crippen LogP contribution is 2.30. The molecule has 1 saturated heterocycles. The van der Waals surface area contributed by atoms with Gasteiger partial charge in [-0.25, -0.2) is 13.1 Å². The maximum absolute atomic E-state index is 12.4. The predicted molar refractivity (Wildman–Crippen MR) is 85.2 cm³/mol. The van der Waals surface area contributed by atoms with Crippen molar-refractivity contribution in [3.63, 3.8) is 0 Å². The largest absolute Gasteiger partial charge is 0.381 e. The average molecular weight is 332 g/mol. The van der Waals surface area contributed by atoms with Crippen LogP contribution in [0.2, 0.25) is 0 Å². The maximum Gasteiger partial charge on any atom is 0.250 e. The number of hydrogen-bond acceptors (Lipinski definition) is 5. The number of thiophene rings is 1.